The number of rotatable bonds is 3. The molecule has 1 fully saturated rings. The minimum absolute atomic E-state index is 0.113. The highest BCUT2D eigenvalue weighted by molar-refractivity contribution is 6.35. The fourth-order valence-electron chi connectivity index (χ4n) is 2.23. The Bertz CT molecular complexity index is 687. The van der Waals surface area contributed by atoms with Crippen LogP contribution in [0.1, 0.15) is 27.2 Å². The summed E-state index contributed by atoms with van der Waals surface area (Å²) in [6.07, 6.45) is 3.84. The first-order valence-corrected chi connectivity index (χ1v) is 8.32. The Labute approximate surface area is 151 Å². The summed E-state index contributed by atoms with van der Waals surface area (Å²) >= 11 is 11.6. The number of amides is 1. The van der Waals surface area contributed by atoms with E-state index in [-0.39, 0.29) is 21.4 Å². The number of carbonyl (C=O) groups excluding carboxylic acids is 1. The number of carbonyl (C=O) groups is 1. The van der Waals surface area contributed by atoms with Gasteiger partial charge in [0.25, 0.3) is 5.91 Å². The van der Waals surface area contributed by atoms with Gasteiger partial charge in [-0.3, -0.25) is 9.79 Å². The van der Waals surface area contributed by atoms with Crippen LogP contribution in [0.25, 0.3) is 0 Å². The standard InChI is InChI=1S/C17H20Cl2FN3O/c1-17(2,3)14(21)4-6-22-13-5-7-23(16(13)24)10-8-11(18)15(20)12(19)9-10/h4,6,8-9,13H,5,7,21H2,1-3H3. The minimum atomic E-state index is -0.689. The third-order valence-corrected chi connectivity index (χ3v) is 4.39. The summed E-state index contributed by atoms with van der Waals surface area (Å²) in [5.41, 5.74) is 6.95. The van der Waals surface area contributed by atoms with Crippen molar-refractivity contribution in [3.05, 3.63) is 39.8 Å². The van der Waals surface area contributed by atoms with Crippen molar-refractivity contribution in [1.29, 1.82) is 0 Å². The topological polar surface area (TPSA) is 58.7 Å². The minimum Gasteiger partial charge on any atom is -0.402 e. The van der Waals surface area contributed by atoms with Crippen molar-refractivity contribution in [2.45, 2.75) is 33.2 Å². The zero-order chi connectivity index (χ0) is 18.1. The molecule has 0 bridgehead atoms. The van der Waals surface area contributed by atoms with Gasteiger partial charge < -0.3 is 10.6 Å². The highest BCUT2D eigenvalue weighted by Gasteiger charge is 2.32. The molecule has 0 spiro atoms. The van der Waals surface area contributed by atoms with E-state index in [1.54, 1.807) is 12.3 Å². The largest absolute Gasteiger partial charge is 0.402 e. The molecule has 1 aromatic rings. The Kier molecular flexibility index (Phi) is 5.56. The SMILES string of the molecule is CC(C)(C)C(N)=CC=NC1CCN(c2cc(Cl)c(F)c(Cl)c2)C1=O. The van der Waals surface area contributed by atoms with E-state index < -0.39 is 11.9 Å². The number of benzene rings is 1. The molecule has 0 aromatic heterocycles. The second kappa shape index (κ2) is 7.11. The summed E-state index contributed by atoms with van der Waals surface area (Å²) in [6.45, 7) is 6.46. The van der Waals surface area contributed by atoms with Gasteiger partial charge in [0, 0.05) is 29.6 Å². The number of nitrogens with zero attached hydrogens (tertiary/aromatic N) is 2. The van der Waals surface area contributed by atoms with Gasteiger partial charge in [0.15, 0.2) is 5.82 Å². The number of hydrogen-bond acceptors (Lipinski definition) is 3. The van der Waals surface area contributed by atoms with Gasteiger partial charge in [-0.1, -0.05) is 44.0 Å². The smallest absolute Gasteiger partial charge is 0.251 e. The first-order valence-electron chi connectivity index (χ1n) is 7.56. The fraction of sp³-hybridized carbons (Fsp3) is 0.412. The predicted molar refractivity (Wildman–Crippen MR) is 97.4 cm³/mol. The summed E-state index contributed by atoms with van der Waals surface area (Å²) < 4.78 is 13.5. The normalized spacial score (nSPS) is 19.6. The van der Waals surface area contributed by atoms with Gasteiger partial charge in [-0.15, -0.1) is 0 Å². The van der Waals surface area contributed by atoms with Crippen LogP contribution in [0.2, 0.25) is 10.0 Å². The summed E-state index contributed by atoms with van der Waals surface area (Å²) in [4.78, 5) is 18.3. The molecule has 1 amide bonds. The molecule has 4 nitrogen and oxygen atoms in total. The van der Waals surface area contributed by atoms with Crippen LogP contribution in [0.3, 0.4) is 0 Å². The van der Waals surface area contributed by atoms with Crippen molar-refractivity contribution in [2.24, 2.45) is 16.1 Å². The van der Waals surface area contributed by atoms with Gasteiger partial charge in [0.05, 0.1) is 10.0 Å². The molecule has 0 saturated carbocycles. The quantitative estimate of drug-likeness (QED) is 0.639. The average molecular weight is 372 g/mol. The first-order chi connectivity index (χ1) is 11.1. The van der Waals surface area contributed by atoms with E-state index in [4.69, 9.17) is 28.9 Å². The Hall–Kier alpha value is -1.59. The second-order valence-corrected chi connectivity index (χ2v) is 7.50. The molecular formula is C17H20Cl2FN3O. The third kappa shape index (κ3) is 4.08. The van der Waals surface area contributed by atoms with Crippen LogP contribution < -0.4 is 10.6 Å². The maximum atomic E-state index is 13.5. The Morgan fingerprint density at radius 2 is 1.96 bits per heavy atom. The van der Waals surface area contributed by atoms with Crippen molar-refractivity contribution >= 4 is 41.0 Å². The van der Waals surface area contributed by atoms with Crippen LogP contribution in [0.15, 0.2) is 28.9 Å². The molecule has 1 heterocycles. The Morgan fingerprint density at radius 3 is 2.50 bits per heavy atom. The van der Waals surface area contributed by atoms with Crippen LogP contribution in [0.4, 0.5) is 10.1 Å². The summed E-state index contributed by atoms with van der Waals surface area (Å²) in [5, 5.41) is -0.226. The van der Waals surface area contributed by atoms with E-state index in [1.165, 1.54) is 17.0 Å². The number of aliphatic imine (C=N–C) groups is 1. The lowest BCUT2D eigenvalue weighted by molar-refractivity contribution is -0.118. The lowest BCUT2D eigenvalue weighted by Crippen LogP contribution is -2.28. The van der Waals surface area contributed by atoms with Crippen LogP contribution in [-0.2, 0) is 4.79 Å². The highest BCUT2D eigenvalue weighted by Crippen LogP contribution is 2.32. The zero-order valence-electron chi connectivity index (χ0n) is 13.8. The maximum Gasteiger partial charge on any atom is 0.251 e. The van der Waals surface area contributed by atoms with Crippen molar-refractivity contribution in [1.82, 2.24) is 0 Å². The predicted octanol–water partition coefficient (Wildman–Crippen LogP) is 4.20. The molecule has 1 aliphatic heterocycles. The molecule has 0 radical (unpaired) electrons. The molecule has 2 rings (SSSR count). The summed E-state index contributed by atoms with van der Waals surface area (Å²) in [5.74, 6) is -0.862. The number of hydrogen-bond donors (Lipinski definition) is 1. The maximum absolute atomic E-state index is 13.5. The van der Waals surface area contributed by atoms with Crippen LogP contribution in [-0.4, -0.2) is 24.7 Å². The first kappa shape index (κ1) is 18.7. The van der Waals surface area contributed by atoms with E-state index in [0.717, 1.165) is 0 Å². The fourth-order valence-corrected chi connectivity index (χ4v) is 2.71. The van der Waals surface area contributed by atoms with Crippen LogP contribution in [0.5, 0.6) is 0 Å². The van der Waals surface area contributed by atoms with Gasteiger partial charge in [-0.2, -0.15) is 0 Å². The van der Waals surface area contributed by atoms with Gasteiger partial charge >= 0.3 is 0 Å². The van der Waals surface area contributed by atoms with Gasteiger partial charge in [0.2, 0.25) is 0 Å². The number of anilines is 1. The van der Waals surface area contributed by atoms with E-state index in [9.17, 15) is 9.18 Å². The highest BCUT2D eigenvalue weighted by atomic mass is 35.5. The monoisotopic (exact) mass is 371 g/mol. The van der Waals surface area contributed by atoms with Crippen molar-refractivity contribution in [3.63, 3.8) is 0 Å². The van der Waals surface area contributed by atoms with Crippen molar-refractivity contribution in [2.75, 3.05) is 11.4 Å². The molecule has 24 heavy (non-hydrogen) atoms. The van der Waals surface area contributed by atoms with E-state index in [1.807, 2.05) is 20.8 Å². The molecule has 130 valence electrons. The Balaban J connectivity index is 2.13. The molecule has 1 aromatic carbocycles. The molecule has 2 N–H and O–H groups in total. The molecule has 7 heteroatoms. The van der Waals surface area contributed by atoms with Crippen LogP contribution >= 0.6 is 23.2 Å². The molecule has 1 saturated heterocycles. The summed E-state index contributed by atoms with van der Waals surface area (Å²) in [7, 11) is 0. The van der Waals surface area contributed by atoms with Gasteiger partial charge in [-0.05, 0) is 24.6 Å². The average Bonchev–Trinajstić information content (AvgIpc) is 2.84. The van der Waals surface area contributed by atoms with Crippen molar-refractivity contribution in [3.8, 4) is 0 Å². The van der Waals surface area contributed by atoms with Crippen molar-refractivity contribution < 1.29 is 9.18 Å². The molecular weight excluding hydrogens is 352 g/mol. The molecule has 0 aliphatic carbocycles. The van der Waals surface area contributed by atoms with E-state index in [0.29, 0.717) is 24.4 Å². The molecule has 1 unspecified atom stereocenters. The third-order valence-electron chi connectivity index (χ3n) is 3.84. The molecule has 1 atom stereocenters. The van der Waals surface area contributed by atoms with Crippen LogP contribution in [0, 0.1) is 11.2 Å². The van der Waals surface area contributed by atoms with Gasteiger partial charge in [0.1, 0.15) is 6.04 Å². The zero-order valence-corrected chi connectivity index (χ0v) is 15.3. The van der Waals surface area contributed by atoms with Gasteiger partial charge in [-0.25, -0.2) is 4.39 Å². The number of halogens is 3. The Morgan fingerprint density at radius 1 is 1.38 bits per heavy atom. The lowest BCUT2D eigenvalue weighted by Gasteiger charge is -2.18. The lowest BCUT2D eigenvalue weighted by atomic mass is 9.92. The number of nitrogens with two attached hydrogens (primary N) is 1. The second-order valence-electron chi connectivity index (χ2n) is 6.69. The van der Waals surface area contributed by atoms with E-state index >= 15 is 0 Å². The number of allylic oxidation sites excluding steroid dienone is 2. The van der Waals surface area contributed by atoms with E-state index in [2.05, 4.69) is 4.99 Å². The molecule has 1 aliphatic rings. The summed E-state index contributed by atoms with van der Waals surface area (Å²) in [6, 6.07) is 2.30.